The molecule has 1 rings (SSSR count). The molecule has 0 aliphatic heterocycles. The molecule has 3 nitrogen and oxygen atoms in total. The molecule has 0 unspecified atom stereocenters. The van der Waals surface area contributed by atoms with Crippen molar-refractivity contribution in [2.24, 2.45) is 0 Å². The maximum atomic E-state index is 13.3. The Morgan fingerprint density at radius 2 is 2.31 bits per heavy atom. The molecule has 0 atom stereocenters. The number of hydrogen-bond donors (Lipinski definition) is 1. The van der Waals surface area contributed by atoms with E-state index in [0.29, 0.717) is 17.7 Å². The van der Waals surface area contributed by atoms with Crippen molar-refractivity contribution in [3.63, 3.8) is 0 Å². The third kappa shape index (κ3) is 3.73. The molecule has 1 aromatic rings. The van der Waals surface area contributed by atoms with E-state index in [0.717, 1.165) is 0 Å². The Bertz CT molecular complexity index is 399. The van der Waals surface area contributed by atoms with E-state index in [2.05, 4.69) is 0 Å². The Balaban J connectivity index is 2.68. The van der Waals surface area contributed by atoms with Crippen LogP contribution in [0.15, 0.2) is 24.3 Å². The molecular formula is C12H13FO3. The molecule has 1 N–H and O–H groups in total. The zero-order valence-electron chi connectivity index (χ0n) is 8.94. The molecule has 0 bridgehead atoms. The van der Waals surface area contributed by atoms with Gasteiger partial charge >= 0.3 is 5.97 Å². The van der Waals surface area contributed by atoms with Crippen molar-refractivity contribution in [3.05, 3.63) is 35.7 Å². The molecule has 16 heavy (non-hydrogen) atoms. The number of carbonyl (C=O) groups is 1. The summed E-state index contributed by atoms with van der Waals surface area (Å²) in [5.41, 5.74) is 0.393. The van der Waals surface area contributed by atoms with E-state index >= 15 is 0 Å². The third-order valence-electron chi connectivity index (χ3n) is 2.03. The van der Waals surface area contributed by atoms with Crippen LogP contribution in [0.1, 0.15) is 18.4 Å². The summed E-state index contributed by atoms with van der Waals surface area (Å²) in [7, 11) is 1.51. The maximum Gasteiger partial charge on any atom is 0.303 e. The van der Waals surface area contributed by atoms with Crippen LogP contribution in [-0.4, -0.2) is 18.2 Å². The lowest BCUT2D eigenvalue weighted by atomic mass is 10.1. The second-order valence-corrected chi connectivity index (χ2v) is 3.22. The molecule has 0 amide bonds. The van der Waals surface area contributed by atoms with Crippen LogP contribution < -0.4 is 4.74 Å². The van der Waals surface area contributed by atoms with Crippen molar-refractivity contribution in [1.82, 2.24) is 0 Å². The van der Waals surface area contributed by atoms with Gasteiger partial charge in [-0.05, 0) is 24.6 Å². The van der Waals surface area contributed by atoms with Crippen LogP contribution in [0.3, 0.4) is 0 Å². The van der Waals surface area contributed by atoms with Crippen LogP contribution in [0, 0.1) is 5.82 Å². The van der Waals surface area contributed by atoms with E-state index < -0.39 is 5.97 Å². The minimum atomic E-state index is -0.865. The van der Waals surface area contributed by atoms with E-state index in [-0.39, 0.29) is 12.2 Å². The van der Waals surface area contributed by atoms with Crippen LogP contribution in [-0.2, 0) is 4.79 Å². The number of benzene rings is 1. The smallest absolute Gasteiger partial charge is 0.303 e. The Morgan fingerprint density at radius 1 is 1.56 bits per heavy atom. The van der Waals surface area contributed by atoms with Crippen molar-refractivity contribution in [2.45, 2.75) is 12.8 Å². The van der Waals surface area contributed by atoms with Crippen LogP contribution in [0.5, 0.6) is 5.75 Å². The average Bonchev–Trinajstić information content (AvgIpc) is 2.26. The second-order valence-electron chi connectivity index (χ2n) is 3.22. The van der Waals surface area contributed by atoms with Gasteiger partial charge in [0.25, 0.3) is 0 Å². The van der Waals surface area contributed by atoms with Crippen LogP contribution in [0.2, 0.25) is 0 Å². The Kier molecular flexibility index (Phi) is 4.51. The SMILES string of the molecule is COc1ccc(F)c(C=CCCC(=O)O)c1. The van der Waals surface area contributed by atoms with Crippen molar-refractivity contribution in [2.75, 3.05) is 7.11 Å². The summed E-state index contributed by atoms with van der Waals surface area (Å²) >= 11 is 0. The summed E-state index contributed by atoms with van der Waals surface area (Å²) < 4.78 is 18.2. The first kappa shape index (κ1) is 12.2. The molecule has 0 aliphatic rings. The monoisotopic (exact) mass is 224 g/mol. The van der Waals surface area contributed by atoms with Crippen LogP contribution in [0.4, 0.5) is 4.39 Å². The van der Waals surface area contributed by atoms with E-state index in [9.17, 15) is 9.18 Å². The highest BCUT2D eigenvalue weighted by Gasteiger charge is 2.00. The van der Waals surface area contributed by atoms with Crippen LogP contribution >= 0.6 is 0 Å². The maximum absolute atomic E-state index is 13.3. The number of carboxylic acids is 1. The molecule has 86 valence electrons. The number of carboxylic acid groups (broad SMARTS) is 1. The number of rotatable bonds is 5. The summed E-state index contributed by atoms with van der Waals surface area (Å²) in [6.45, 7) is 0. The topological polar surface area (TPSA) is 46.5 Å². The molecule has 0 saturated heterocycles. The Labute approximate surface area is 93.2 Å². The first-order valence-corrected chi connectivity index (χ1v) is 4.85. The highest BCUT2D eigenvalue weighted by Crippen LogP contribution is 2.17. The van der Waals surface area contributed by atoms with Crippen molar-refractivity contribution >= 4 is 12.0 Å². The normalized spacial score (nSPS) is 10.6. The van der Waals surface area contributed by atoms with Gasteiger partial charge in [-0.1, -0.05) is 12.2 Å². The highest BCUT2D eigenvalue weighted by atomic mass is 19.1. The Morgan fingerprint density at radius 3 is 2.94 bits per heavy atom. The predicted octanol–water partition coefficient (Wildman–Crippen LogP) is 2.71. The lowest BCUT2D eigenvalue weighted by Gasteiger charge is -2.01. The molecule has 0 saturated carbocycles. The van der Waals surface area contributed by atoms with Crippen molar-refractivity contribution < 1.29 is 19.0 Å². The van der Waals surface area contributed by atoms with E-state index in [1.165, 1.54) is 19.2 Å². The summed E-state index contributed by atoms with van der Waals surface area (Å²) in [5.74, 6) is -0.651. The van der Waals surface area contributed by atoms with Crippen molar-refractivity contribution in [1.29, 1.82) is 0 Å². The van der Waals surface area contributed by atoms with Gasteiger partial charge in [0.15, 0.2) is 0 Å². The fourth-order valence-corrected chi connectivity index (χ4v) is 1.19. The van der Waals surface area contributed by atoms with Gasteiger partial charge < -0.3 is 9.84 Å². The molecule has 4 heteroatoms. The molecule has 0 aliphatic carbocycles. The minimum Gasteiger partial charge on any atom is -0.497 e. The lowest BCUT2D eigenvalue weighted by molar-refractivity contribution is -0.136. The van der Waals surface area contributed by atoms with E-state index in [1.807, 2.05) is 0 Å². The number of halogens is 1. The standard InChI is InChI=1S/C12H13FO3/c1-16-10-6-7-11(13)9(8-10)4-2-3-5-12(14)15/h2,4,6-8H,3,5H2,1H3,(H,14,15). The zero-order chi connectivity index (χ0) is 12.0. The summed E-state index contributed by atoms with van der Waals surface area (Å²) in [5, 5.41) is 8.42. The Hall–Kier alpha value is -1.84. The fourth-order valence-electron chi connectivity index (χ4n) is 1.19. The minimum absolute atomic E-state index is 0.0437. The fraction of sp³-hybridized carbons (Fsp3) is 0.250. The molecule has 0 radical (unpaired) electrons. The zero-order valence-corrected chi connectivity index (χ0v) is 8.94. The highest BCUT2D eigenvalue weighted by molar-refractivity contribution is 5.67. The van der Waals surface area contributed by atoms with Gasteiger partial charge in [-0.3, -0.25) is 4.79 Å². The lowest BCUT2D eigenvalue weighted by Crippen LogP contribution is -1.91. The van der Waals surface area contributed by atoms with Gasteiger partial charge in [0.2, 0.25) is 0 Å². The number of methoxy groups -OCH3 is 1. The quantitative estimate of drug-likeness (QED) is 0.836. The first-order chi connectivity index (χ1) is 7.63. The van der Waals surface area contributed by atoms with Gasteiger partial charge in [-0.25, -0.2) is 4.39 Å². The molecule has 0 aromatic heterocycles. The summed E-state index contributed by atoms with van der Waals surface area (Å²) in [4.78, 5) is 10.3. The van der Waals surface area contributed by atoms with Gasteiger partial charge in [0.1, 0.15) is 11.6 Å². The largest absolute Gasteiger partial charge is 0.497 e. The molecule has 0 fully saturated rings. The number of hydrogen-bond acceptors (Lipinski definition) is 2. The third-order valence-corrected chi connectivity index (χ3v) is 2.03. The second kappa shape index (κ2) is 5.90. The van der Waals surface area contributed by atoms with E-state index in [4.69, 9.17) is 9.84 Å². The number of ether oxygens (including phenoxy) is 1. The van der Waals surface area contributed by atoms with Gasteiger partial charge in [0, 0.05) is 12.0 Å². The summed E-state index contributed by atoms with van der Waals surface area (Å²) in [6, 6.07) is 4.41. The first-order valence-electron chi connectivity index (χ1n) is 4.85. The van der Waals surface area contributed by atoms with Gasteiger partial charge in [0.05, 0.1) is 7.11 Å². The molecule has 0 heterocycles. The molecule has 0 spiro atoms. The number of aliphatic carboxylic acids is 1. The number of allylic oxidation sites excluding steroid dienone is 1. The van der Waals surface area contributed by atoms with Gasteiger partial charge in [-0.15, -0.1) is 0 Å². The average molecular weight is 224 g/mol. The summed E-state index contributed by atoms with van der Waals surface area (Å²) in [6.07, 6.45) is 3.61. The van der Waals surface area contributed by atoms with Crippen LogP contribution in [0.25, 0.3) is 6.08 Å². The van der Waals surface area contributed by atoms with E-state index in [1.54, 1.807) is 18.2 Å². The van der Waals surface area contributed by atoms with Crippen molar-refractivity contribution in [3.8, 4) is 5.75 Å². The molecule has 1 aromatic carbocycles. The predicted molar refractivity (Wildman–Crippen MR) is 58.9 cm³/mol. The molecular weight excluding hydrogens is 211 g/mol. The van der Waals surface area contributed by atoms with Gasteiger partial charge in [-0.2, -0.15) is 0 Å².